The first-order valence-corrected chi connectivity index (χ1v) is 6.85. The fourth-order valence-corrected chi connectivity index (χ4v) is 3.75. The predicted octanol–water partition coefficient (Wildman–Crippen LogP) is 3.63. The van der Waals surface area contributed by atoms with E-state index in [1.165, 1.54) is 24.8 Å². The molecule has 1 fully saturated rings. The molecule has 18 heavy (non-hydrogen) atoms. The number of carbonyl (C=O) groups excluding carboxylic acids is 1. The lowest BCUT2D eigenvalue weighted by Crippen LogP contribution is -2.42. The molecule has 0 radical (unpaired) electrons. The van der Waals surface area contributed by atoms with Gasteiger partial charge in [0.25, 0.3) is 0 Å². The molecule has 0 amide bonds. The molecular weight excluding hydrogens is 224 g/mol. The predicted molar refractivity (Wildman–Crippen MR) is 71.1 cm³/mol. The van der Waals surface area contributed by atoms with Gasteiger partial charge >= 0.3 is 0 Å². The summed E-state index contributed by atoms with van der Waals surface area (Å²) in [7, 11) is 1.65. The maximum Gasteiger partial charge on any atom is 0.166 e. The Morgan fingerprint density at radius 2 is 2.17 bits per heavy atom. The van der Waals surface area contributed by atoms with Crippen LogP contribution in [0.5, 0.6) is 5.75 Å². The number of hydrogen-bond donors (Lipinski definition) is 0. The van der Waals surface area contributed by atoms with Crippen molar-refractivity contribution in [1.29, 1.82) is 0 Å². The normalized spacial score (nSPS) is 30.6. The zero-order chi connectivity index (χ0) is 12.8. The van der Waals surface area contributed by atoms with Crippen LogP contribution in [0.2, 0.25) is 0 Å². The number of ether oxygens (including phenoxy) is 1. The van der Waals surface area contributed by atoms with Crippen molar-refractivity contribution in [2.75, 3.05) is 7.11 Å². The molecule has 0 bridgehead atoms. The van der Waals surface area contributed by atoms with E-state index >= 15 is 0 Å². The van der Waals surface area contributed by atoms with E-state index in [0.29, 0.717) is 5.78 Å². The van der Waals surface area contributed by atoms with Gasteiger partial charge in [0.2, 0.25) is 0 Å². The van der Waals surface area contributed by atoms with E-state index in [-0.39, 0.29) is 11.3 Å². The molecule has 1 aromatic carbocycles. The second-order valence-corrected chi connectivity index (χ2v) is 6.02. The number of rotatable bonds is 1. The van der Waals surface area contributed by atoms with Gasteiger partial charge in [-0.3, -0.25) is 4.79 Å². The number of benzene rings is 1. The van der Waals surface area contributed by atoms with Crippen molar-refractivity contribution in [2.24, 2.45) is 11.3 Å². The second-order valence-electron chi connectivity index (χ2n) is 6.02. The Balaban J connectivity index is 2.06. The summed E-state index contributed by atoms with van der Waals surface area (Å²) in [5.41, 5.74) is 2.30. The van der Waals surface area contributed by atoms with Crippen LogP contribution >= 0.6 is 0 Å². The lowest BCUT2D eigenvalue weighted by Gasteiger charge is -2.44. The zero-order valence-corrected chi connectivity index (χ0v) is 11.2. The molecule has 2 heteroatoms. The highest BCUT2D eigenvalue weighted by atomic mass is 16.5. The molecule has 2 aliphatic rings. The van der Waals surface area contributed by atoms with Gasteiger partial charge in [0.1, 0.15) is 5.75 Å². The first kappa shape index (κ1) is 11.8. The highest BCUT2D eigenvalue weighted by Gasteiger charge is 2.45. The largest absolute Gasteiger partial charge is 0.497 e. The third-order valence-corrected chi connectivity index (χ3v) is 4.83. The van der Waals surface area contributed by atoms with Crippen molar-refractivity contribution in [2.45, 2.75) is 39.0 Å². The number of Topliss-reactive ketones (excluding diaryl/α,β-unsaturated/α-hetero) is 1. The van der Waals surface area contributed by atoms with Crippen LogP contribution in [0, 0.1) is 11.3 Å². The molecule has 2 atom stereocenters. The molecule has 2 nitrogen and oxygen atoms in total. The molecule has 1 saturated carbocycles. The number of ketones is 1. The van der Waals surface area contributed by atoms with E-state index < -0.39 is 0 Å². The van der Waals surface area contributed by atoms with Crippen LogP contribution in [-0.2, 0) is 6.42 Å². The van der Waals surface area contributed by atoms with Crippen LogP contribution in [0.15, 0.2) is 18.2 Å². The smallest absolute Gasteiger partial charge is 0.166 e. The molecule has 1 aromatic rings. The van der Waals surface area contributed by atoms with Crippen LogP contribution in [0.3, 0.4) is 0 Å². The summed E-state index contributed by atoms with van der Waals surface area (Å²) < 4.78 is 5.24. The zero-order valence-electron chi connectivity index (χ0n) is 11.2. The summed E-state index contributed by atoms with van der Waals surface area (Å²) in [6.07, 6.45) is 5.76. The minimum Gasteiger partial charge on any atom is -0.497 e. The monoisotopic (exact) mass is 244 g/mol. The average Bonchev–Trinajstić information content (AvgIpc) is 2.38. The molecular formula is C16H20O2. The van der Waals surface area contributed by atoms with Crippen LogP contribution in [0.1, 0.15) is 48.5 Å². The third-order valence-electron chi connectivity index (χ3n) is 4.83. The highest BCUT2D eigenvalue weighted by molar-refractivity contribution is 6.01. The number of carbonyl (C=O) groups is 1. The van der Waals surface area contributed by atoms with Gasteiger partial charge in [-0.15, -0.1) is 0 Å². The molecule has 0 aliphatic heterocycles. The van der Waals surface area contributed by atoms with E-state index in [1.807, 2.05) is 12.1 Å². The van der Waals surface area contributed by atoms with Gasteiger partial charge < -0.3 is 4.74 Å². The Bertz CT molecular complexity index is 492. The molecule has 3 rings (SSSR count). The SMILES string of the molecule is COc1ccc2c(c1)C(=O)[C@@H]1CCCC[C@@]1(C)C2. The van der Waals surface area contributed by atoms with Crippen LogP contribution in [0.25, 0.3) is 0 Å². The Kier molecular flexibility index (Phi) is 2.69. The quantitative estimate of drug-likeness (QED) is 0.754. The van der Waals surface area contributed by atoms with Crippen LogP contribution in [-0.4, -0.2) is 12.9 Å². The van der Waals surface area contributed by atoms with E-state index in [2.05, 4.69) is 13.0 Å². The Hall–Kier alpha value is -1.31. The van der Waals surface area contributed by atoms with Gasteiger partial charge in [0.15, 0.2) is 5.78 Å². The highest BCUT2D eigenvalue weighted by Crippen LogP contribution is 2.48. The molecule has 0 heterocycles. The first-order valence-electron chi connectivity index (χ1n) is 6.85. The summed E-state index contributed by atoms with van der Waals surface area (Å²) >= 11 is 0. The molecule has 0 saturated heterocycles. The summed E-state index contributed by atoms with van der Waals surface area (Å²) in [6.45, 7) is 2.29. The van der Waals surface area contributed by atoms with E-state index in [4.69, 9.17) is 4.74 Å². The van der Waals surface area contributed by atoms with Crippen molar-refractivity contribution in [1.82, 2.24) is 0 Å². The van der Waals surface area contributed by atoms with E-state index in [1.54, 1.807) is 7.11 Å². The Morgan fingerprint density at radius 3 is 2.94 bits per heavy atom. The van der Waals surface area contributed by atoms with Crippen molar-refractivity contribution in [3.05, 3.63) is 29.3 Å². The van der Waals surface area contributed by atoms with Gasteiger partial charge in [-0.1, -0.05) is 25.8 Å². The standard InChI is InChI=1S/C16H20O2/c1-16-8-4-3-5-14(16)15(17)13-9-12(18-2)7-6-11(13)10-16/h6-7,9,14H,3-5,8,10H2,1-2H3/t14-,16-/m0/s1. The maximum atomic E-state index is 12.7. The summed E-state index contributed by atoms with van der Waals surface area (Å²) in [5.74, 6) is 1.37. The fourth-order valence-electron chi connectivity index (χ4n) is 3.75. The topological polar surface area (TPSA) is 26.3 Å². The number of methoxy groups -OCH3 is 1. The van der Waals surface area contributed by atoms with Crippen molar-refractivity contribution >= 4 is 5.78 Å². The minimum atomic E-state index is 0.191. The average molecular weight is 244 g/mol. The van der Waals surface area contributed by atoms with Crippen LogP contribution in [0.4, 0.5) is 0 Å². The first-order chi connectivity index (χ1) is 8.64. The lowest BCUT2D eigenvalue weighted by molar-refractivity contribution is 0.0602. The van der Waals surface area contributed by atoms with Gasteiger partial charge in [-0.2, -0.15) is 0 Å². The minimum absolute atomic E-state index is 0.191. The third kappa shape index (κ3) is 1.66. The molecule has 0 spiro atoms. The summed E-state index contributed by atoms with van der Waals surface area (Å²) in [6, 6.07) is 5.96. The maximum absolute atomic E-state index is 12.7. The van der Waals surface area contributed by atoms with E-state index in [0.717, 1.165) is 24.2 Å². The molecule has 0 N–H and O–H groups in total. The second kappa shape index (κ2) is 4.11. The number of hydrogen-bond acceptors (Lipinski definition) is 2. The van der Waals surface area contributed by atoms with Gasteiger partial charge in [0.05, 0.1) is 7.11 Å². The number of fused-ring (bicyclic) bond motifs is 2. The molecule has 96 valence electrons. The Morgan fingerprint density at radius 1 is 1.33 bits per heavy atom. The van der Waals surface area contributed by atoms with Crippen molar-refractivity contribution in [3.8, 4) is 5.75 Å². The lowest BCUT2D eigenvalue weighted by atomic mass is 9.59. The van der Waals surface area contributed by atoms with Gasteiger partial charge in [0, 0.05) is 11.5 Å². The van der Waals surface area contributed by atoms with Crippen LogP contribution < -0.4 is 4.74 Å². The van der Waals surface area contributed by atoms with E-state index in [9.17, 15) is 4.79 Å². The molecule has 2 aliphatic carbocycles. The Labute approximate surface area is 108 Å². The van der Waals surface area contributed by atoms with Crippen molar-refractivity contribution in [3.63, 3.8) is 0 Å². The van der Waals surface area contributed by atoms with Gasteiger partial charge in [-0.25, -0.2) is 0 Å². The molecule has 0 unspecified atom stereocenters. The summed E-state index contributed by atoms with van der Waals surface area (Å²) in [4.78, 5) is 12.7. The fraction of sp³-hybridized carbons (Fsp3) is 0.562. The summed E-state index contributed by atoms with van der Waals surface area (Å²) in [5, 5.41) is 0. The molecule has 0 aromatic heterocycles. The van der Waals surface area contributed by atoms with Crippen molar-refractivity contribution < 1.29 is 9.53 Å². The van der Waals surface area contributed by atoms with Gasteiger partial charge in [-0.05, 0) is 42.4 Å².